The zero-order valence-electron chi connectivity index (χ0n) is 14.5. The minimum Gasteiger partial charge on any atom is -0.502 e. The van der Waals surface area contributed by atoms with Crippen LogP contribution < -0.4 is 14.9 Å². The van der Waals surface area contributed by atoms with Gasteiger partial charge in [-0.05, 0) is 13.0 Å². The van der Waals surface area contributed by atoms with Gasteiger partial charge in [0.25, 0.3) is 0 Å². The van der Waals surface area contributed by atoms with Crippen molar-refractivity contribution in [3.05, 3.63) is 51.6 Å². The van der Waals surface area contributed by atoms with Crippen LogP contribution in [0.2, 0.25) is 0 Å². The van der Waals surface area contributed by atoms with E-state index in [9.17, 15) is 14.7 Å². The molecule has 0 saturated carbocycles. The second-order valence-electron chi connectivity index (χ2n) is 5.37. The van der Waals surface area contributed by atoms with E-state index in [2.05, 4.69) is 0 Å². The third-order valence-corrected chi connectivity index (χ3v) is 3.80. The number of hydrogen-bond acceptors (Lipinski definition) is 7. The molecule has 1 aromatic heterocycles. The fourth-order valence-corrected chi connectivity index (χ4v) is 2.56. The number of rotatable bonds is 6. The molecule has 0 saturated heterocycles. The number of esters is 1. The summed E-state index contributed by atoms with van der Waals surface area (Å²) in [6.07, 6.45) is -0.140. The lowest BCUT2D eigenvalue weighted by atomic mass is 9.91. The Morgan fingerprint density at radius 1 is 1.20 bits per heavy atom. The van der Waals surface area contributed by atoms with E-state index in [-0.39, 0.29) is 12.2 Å². The first-order chi connectivity index (χ1) is 11.9. The van der Waals surface area contributed by atoms with Crippen LogP contribution in [0.15, 0.2) is 33.5 Å². The number of carbonyl (C=O) groups is 1. The van der Waals surface area contributed by atoms with Crippen LogP contribution >= 0.6 is 0 Å². The molecule has 25 heavy (non-hydrogen) atoms. The second kappa shape index (κ2) is 7.74. The van der Waals surface area contributed by atoms with Crippen LogP contribution in [0.1, 0.15) is 29.4 Å². The number of benzene rings is 1. The van der Waals surface area contributed by atoms with Crippen LogP contribution in [0.4, 0.5) is 0 Å². The largest absolute Gasteiger partial charge is 0.502 e. The first kappa shape index (κ1) is 18.4. The van der Waals surface area contributed by atoms with Gasteiger partial charge in [-0.15, -0.1) is 0 Å². The number of aryl methyl sites for hydroxylation is 1. The molecular weight excluding hydrogens is 328 g/mol. The highest BCUT2D eigenvalue weighted by molar-refractivity contribution is 5.71. The molecule has 0 radical (unpaired) electrons. The molecule has 1 N–H and O–H groups in total. The normalized spacial score (nSPS) is 11.7. The summed E-state index contributed by atoms with van der Waals surface area (Å²) in [4.78, 5) is 23.8. The molecule has 0 aliphatic heterocycles. The summed E-state index contributed by atoms with van der Waals surface area (Å²) >= 11 is 0. The van der Waals surface area contributed by atoms with Crippen molar-refractivity contribution >= 4 is 5.97 Å². The van der Waals surface area contributed by atoms with E-state index in [1.54, 1.807) is 25.1 Å². The molecule has 1 atom stereocenters. The SMILES string of the molecule is COC(=O)C[C@H](c1ccc(OC)cc1OC)c1oc(C)cc(=O)c1O. The Labute approximate surface area is 144 Å². The molecule has 2 rings (SSSR count). The van der Waals surface area contributed by atoms with E-state index < -0.39 is 23.1 Å². The van der Waals surface area contributed by atoms with Crippen LogP contribution in [0.3, 0.4) is 0 Å². The fraction of sp³-hybridized carbons (Fsp3) is 0.333. The molecule has 0 unspecified atom stereocenters. The molecule has 1 aromatic carbocycles. The van der Waals surface area contributed by atoms with E-state index in [4.69, 9.17) is 18.6 Å². The van der Waals surface area contributed by atoms with Gasteiger partial charge in [0.05, 0.1) is 33.7 Å². The highest BCUT2D eigenvalue weighted by Gasteiger charge is 2.28. The fourth-order valence-electron chi connectivity index (χ4n) is 2.56. The Morgan fingerprint density at radius 2 is 1.92 bits per heavy atom. The molecule has 1 heterocycles. The smallest absolute Gasteiger partial charge is 0.306 e. The summed E-state index contributed by atoms with van der Waals surface area (Å²) in [6, 6.07) is 6.20. The predicted octanol–water partition coefficient (Wildman–Crippen LogP) is 2.37. The maximum Gasteiger partial charge on any atom is 0.306 e. The lowest BCUT2D eigenvalue weighted by Crippen LogP contribution is -2.14. The summed E-state index contributed by atoms with van der Waals surface area (Å²) in [5, 5.41) is 10.2. The predicted molar refractivity (Wildman–Crippen MR) is 89.4 cm³/mol. The number of aromatic hydroxyl groups is 1. The molecular formula is C18H20O7. The van der Waals surface area contributed by atoms with Crippen molar-refractivity contribution in [2.45, 2.75) is 19.3 Å². The van der Waals surface area contributed by atoms with Gasteiger partial charge < -0.3 is 23.7 Å². The van der Waals surface area contributed by atoms with Crippen molar-refractivity contribution in [2.75, 3.05) is 21.3 Å². The third-order valence-electron chi connectivity index (χ3n) is 3.80. The first-order valence-electron chi connectivity index (χ1n) is 7.53. The molecule has 0 spiro atoms. The second-order valence-corrected chi connectivity index (χ2v) is 5.37. The van der Waals surface area contributed by atoms with Crippen molar-refractivity contribution in [1.29, 1.82) is 0 Å². The van der Waals surface area contributed by atoms with Gasteiger partial charge in [-0.25, -0.2) is 0 Å². The lowest BCUT2D eigenvalue weighted by Gasteiger charge is -2.20. The monoisotopic (exact) mass is 348 g/mol. The van der Waals surface area contributed by atoms with Gasteiger partial charge in [-0.2, -0.15) is 0 Å². The van der Waals surface area contributed by atoms with E-state index in [0.29, 0.717) is 22.8 Å². The Balaban J connectivity index is 2.66. The molecule has 0 bridgehead atoms. The quantitative estimate of drug-likeness (QED) is 0.801. The van der Waals surface area contributed by atoms with Crippen molar-refractivity contribution in [2.24, 2.45) is 0 Å². The molecule has 7 heteroatoms. The molecule has 0 fully saturated rings. The van der Waals surface area contributed by atoms with E-state index in [1.165, 1.54) is 27.4 Å². The minimum absolute atomic E-state index is 0.0149. The highest BCUT2D eigenvalue weighted by Crippen LogP contribution is 2.39. The van der Waals surface area contributed by atoms with Crippen molar-refractivity contribution in [1.82, 2.24) is 0 Å². The number of carbonyl (C=O) groups excluding carboxylic acids is 1. The van der Waals surface area contributed by atoms with Gasteiger partial charge in [-0.1, -0.05) is 6.07 Å². The van der Waals surface area contributed by atoms with E-state index >= 15 is 0 Å². The maximum atomic E-state index is 11.9. The zero-order valence-corrected chi connectivity index (χ0v) is 14.5. The van der Waals surface area contributed by atoms with Crippen LogP contribution in [0.25, 0.3) is 0 Å². The summed E-state index contributed by atoms with van der Waals surface area (Å²) in [5.41, 5.74) is -0.0288. The Kier molecular flexibility index (Phi) is 5.69. The number of hydrogen-bond donors (Lipinski definition) is 1. The molecule has 7 nitrogen and oxygen atoms in total. The summed E-state index contributed by atoms with van der Waals surface area (Å²) in [7, 11) is 4.25. The zero-order chi connectivity index (χ0) is 18.6. The standard InChI is InChI=1S/C18H20O7/c1-10-7-14(19)17(21)18(25-10)13(9-16(20)24-4)12-6-5-11(22-2)8-15(12)23-3/h5-8,13,21H,9H2,1-4H3/t13-/m1/s1. The van der Waals surface area contributed by atoms with Crippen LogP contribution in [-0.2, 0) is 9.53 Å². The molecule has 0 aliphatic carbocycles. The van der Waals surface area contributed by atoms with E-state index in [1.807, 2.05) is 0 Å². The van der Waals surface area contributed by atoms with E-state index in [0.717, 1.165) is 0 Å². The van der Waals surface area contributed by atoms with Crippen LogP contribution in [0.5, 0.6) is 17.2 Å². The van der Waals surface area contributed by atoms with Gasteiger partial charge in [0.2, 0.25) is 11.2 Å². The van der Waals surface area contributed by atoms with Gasteiger partial charge in [0.1, 0.15) is 17.3 Å². The van der Waals surface area contributed by atoms with Crippen LogP contribution in [-0.4, -0.2) is 32.4 Å². The topological polar surface area (TPSA) is 95.2 Å². The minimum atomic E-state index is -0.763. The molecule has 2 aromatic rings. The maximum absolute atomic E-state index is 11.9. The van der Waals surface area contributed by atoms with Crippen LogP contribution in [0, 0.1) is 6.92 Å². The summed E-state index contributed by atoms with van der Waals surface area (Å²) in [5.74, 6) is -0.534. The summed E-state index contributed by atoms with van der Waals surface area (Å²) < 4.78 is 20.8. The van der Waals surface area contributed by atoms with Crippen molar-refractivity contribution in [3.63, 3.8) is 0 Å². The molecule has 134 valence electrons. The third kappa shape index (κ3) is 3.93. The average Bonchev–Trinajstić information content (AvgIpc) is 2.62. The highest BCUT2D eigenvalue weighted by atomic mass is 16.5. The van der Waals surface area contributed by atoms with Gasteiger partial charge in [-0.3, -0.25) is 9.59 Å². The Morgan fingerprint density at radius 3 is 2.52 bits per heavy atom. The Hall–Kier alpha value is -2.96. The lowest BCUT2D eigenvalue weighted by molar-refractivity contribution is -0.140. The summed E-state index contributed by atoms with van der Waals surface area (Å²) in [6.45, 7) is 1.59. The average molecular weight is 348 g/mol. The molecule has 0 aliphatic rings. The van der Waals surface area contributed by atoms with Crippen molar-refractivity contribution in [3.8, 4) is 17.2 Å². The van der Waals surface area contributed by atoms with Crippen molar-refractivity contribution < 1.29 is 28.5 Å². The van der Waals surface area contributed by atoms with Gasteiger partial charge in [0, 0.05) is 17.7 Å². The van der Waals surface area contributed by atoms with Gasteiger partial charge >= 0.3 is 5.97 Å². The molecule has 0 amide bonds. The number of ether oxygens (including phenoxy) is 3. The Bertz CT molecular complexity index is 823. The van der Waals surface area contributed by atoms with Gasteiger partial charge in [0.15, 0.2) is 5.76 Å². The number of methoxy groups -OCH3 is 3. The first-order valence-corrected chi connectivity index (χ1v) is 7.53.